The summed E-state index contributed by atoms with van der Waals surface area (Å²) in [7, 11) is 3.36. The minimum Gasteiger partial charge on any atom is -0.496 e. The second-order valence-corrected chi connectivity index (χ2v) is 4.52. The zero-order chi connectivity index (χ0) is 14.7. The van der Waals surface area contributed by atoms with Gasteiger partial charge in [0.1, 0.15) is 5.75 Å². The van der Waals surface area contributed by atoms with Crippen molar-refractivity contribution in [2.75, 3.05) is 12.4 Å². The number of nitrogens with zero attached hydrogens (tertiary/aromatic N) is 2. The van der Waals surface area contributed by atoms with E-state index in [1.807, 2.05) is 13.0 Å². The molecule has 0 atom stereocenters. The van der Waals surface area contributed by atoms with Crippen molar-refractivity contribution in [1.82, 2.24) is 9.78 Å². The van der Waals surface area contributed by atoms with Gasteiger partial charge in [-0.15, -0.1) is 0 Å². The van der Waals surface area contributed by atoms with Gasteiger partial charge in [0.25, 0.3) is 5.91 Å². The smallest absolute Gasteiger partial charge is 0.257 e. The Bertz CT molecular complexity index is 634. The van der Waals surface area contributed by atoms with Gasteiger partial charge in [-0.3, -0.25) is 9.48 Å². The van der Waals surface area contributed by atoms with Crippen molar-refractivity contribution in [3.63, 3.8) is 0 Å². The van der Waals surface area contributed by atoms with Crippen LogP contribution in [0.3, 0.4) is 0 Å². The van der Waals surface area contributed by atoms with Gasteiger partial charge in [0.15, 0.2) is 5.82 Å². The van der Waals surface area contributed by atoms with E-state index in [-0.39, 0.29) is 5.91 Å². The quantitative estimate of drug-likeness (QED) is 0.884. The molecule has 0 aliphatic carbocycles. The molecule has 0 unspecified atom stereocenters. The van der Waals surface area contributed by atoms with Gasteiger partial charge in [0, 0.05) is 30.9 Å². The van der Waals surface area contributed by atoms with Gasteiger partial charge >= 0.3 is 0 Å². The maximum atomic E-state index is 12.2. The topological polar surface area (TPSA) is 82.2 Å². The van der Waals surface area contributed by atoms with Gasteiger partial charge < -0.3 is 15.8 Å². The van der Waals surface area contributed by atoms with Crippen LogP contribution in [0.1, 0.15) is 21.5 Å². The number of aromatic nitrogens is 2. The second kappa shape index (κ2) is 5.75. The highest BCUT2D eigenvalue weighted by atomic mass is 16.5. The third-order valence-electron chi connectivity index (χ3n) is 3.03. The average Bonchev–Trinajstić information content (AvgIpc) is 2.79. The van der Waals surface area contributed by atoms with Crippen LogP contribution in [0.15, 0.2) is 24.4 Å². The highest BCUT2D eigenvalue weighted by Gasteiger charge is 2.13. The van der Waals surface area contributed by atoms with Crippen LogP contribution in [0.25, 0.3) is 0 Å². The van der Waals surface area contributed by atoms with Crippen molar-refractivity contribution < 1.29 is 9.53 Å². The number of rotatable bonds is 4. The Hall–Kier alpha value is -2.34. The van der Waals surface area contributed by atoms with Crippen LogP contribution in [0.2, 0.25) is 0 Å². The van der Waals surface area contributed by atoms with Gasteiger partial charge in [-0.2, -0.15) is 5.10 Å². The summed E-state index contributed by atoms with van der Waals surface area (Å²) in [5.74, 6) is 0.925. The largest absolute Gasteiger partial charge is 0.496 e. The molecule has 6 heteroatoms. The van der Waals surface area contributed by atoms with Crippen LogP contribution >= 0.6 is 0 Å². The van der Waals surface area contributed by atoms with E-state index in [2.05, 4.69) is 10.4 Å². The first-order valence-electron chi connectivity index (χ1n) is 6.23. The van der Waals surface area contributed by atoms with Crippen LogP contribution in [0.4, 0.5) is 5.82 Å². The molecule has 2 rings (SSSR count). The number of aryl methyl sites for hydroxylation is 2. The van der Waals surface area contributed by atoms with Crippen molar-refractivity contribution in [2.45, 2.75) is 13.5 Å². The summed E-state index contributed by atoms with van der Waals surface area (Å²) in [5.41, 5.74) is 7.90. The second-order valence-electron chi connectivity index (χ2n) is 4.52. The zero-order valence-electron chi connectivity index (χ0n) is 11.8. The molecule has 0 bridgehead atoms. The molecule has 20 heavy (non-hydrogen) atoms. The molecule has 1 amide bonds. The Morgan fingerprint density at radius 1 is 1.50 bits per heavy atom. The Kier molecular flexibility index (Phi) is 4.05. The lowest BCUT2D eigenvalue weighted by Crippen LogP contribution is -2.14. The summed E-state index contributed by atoms with van der Waals surface area (Å²) in [6.45, 7) is 2.24. The number of amides is 1. The molecule has 1 heterocycles. The number of hydrogen-bond acceptors (Lipinski definition) is 4. The first kappa shape index (κ1) is 14.1. The molecule has 2 aromatic rings. The van der Waals surface area contributed by atoms with E-state index in [9.17, 15) is 4.79 Å². The Morgan fingerprint density at radius 3 is 2.90 bits per heavy atom. The molecule has 0 aliphatic heterocycles. The van der Waals surface area contributed by atoms with E-state index in [0.717, 1.165) is 11.1 Å². The molecule has 0 saturated carbocycles. The molecule has 0 aliphatic rings. The summed E-state index contributed by atoms with van der Waals surface area (Å²) < 4.78 is 6.83. The number of carbonyl (C=O) groups is 1. The molecular formula is C14H18N4O2. The molecule has 0 fully saturated rings. The molecule has 1 aromatic carbocycles. The van der Waals surface area contributed by atoms with E-state index in [4.69, 9.17) is 10.5 Å². The maximum absolute atomic E-state index is 12.2. The zero-order valence-corrected chi connectivity index (χ0v) is 11.8. The minimum absolute atomic E-state index is 0.239. The Morgan fingerprint density at radius 2 is 2.25 bits per heavy atom. The average molecular weight is 274 g/mol. The lowest BCUT2D eigenvalue weighted by Gasteiger charge is -2.08. The van der Waals surface area contributed by atoms with E-state index >= 15 is 0 Å². The monoisotopic (exact) mass is 274 g/mol. The number of ether oxygens (including phenoxy) is 1. The van der Waals surface area contributed by atoms with E-state index < -0.39 is 0 Å². The van der Waals surface area contributed by atoms with Crippen LogP contribution in [0, 0.1) is 6.92 Å². The van der Waals surface area contributed by atoms with Crippen LogP contribution < -0.4 is 15.8 Å². The van der Waals surface area contributed by atoms with E-state index in [1.54, 1.807) is 37.2 Å². The fourth-order valence-corrected chi connectivity index (χ4v) is 1.93. The molecule has 3 N–H and O–H groups in total. The number of benzene rings is 1. The predicted molar refractivity (Wildman–Crippen MR) is 76.8 cm³/mol. The van der Waals surface area contributed by atoms with Crippen LogP contribution in [0.5, 0.6) is 5.75 Å². The number of anilines is 1. The summed E-state index contributed by atoms with van der Waals surface area (Å²) in [6.07, 6.45) is 1.78. The summed E-state index contributed by atoms with van der Waals surface area (Å²) in [6, 6.07) is 5.30. The summed E-state index contributed by atoms with van der Waals surface area (Å²) in [5, 5.41) is 6.94. The SMILES string of the molecule is COc1cc(C(=O)Nc2nn(C)cc2CN)ccc1C. The number of nitrogens with two attached hydrogens (primary N) is 1. The van der Waals surface area contributed by atoms with Gasteiger partial charge in [-0.1, -0.05) is 6.07 Å². The number of methoxy groups -OCH3 is 1. The summed E-state index contributed by atoms with van der Waals surface area (Å²) >= 11 is 0. The third-order valence-corrected chi connectivity index (χ3v) is 3.03. The lowest BCUT2D eigenvalue weighted by atomic mass is 10.1. The van der Waals surface area contributed by atoms with Gasteiger partial charge in [0.05, 0.1) is 7.11 Å². The van der Waals surface area contributed by atoms with Gasteiger partial charge in [-0.05, 0) is 24.6 Å². The normalized spacial score (nSPS) is 10.4. The first-order valence-corrected chi connectivity index (χ1v) is 6.23. The number of nitrogens with one attached hydrogen (secondary N) is 1. The standard InChI is InChI=1S/C14H18N4O2/c1-9-4-5-10(6-12(9)20-3)14(19)16-13-11(7-15)8-18(2)17-13/h4-6,8H,7,15H2,1-3H3,(H,16,17,19). The van der Waals surface area contributed by atoms with E-state index in [0.29, 0.717) is 23.7 Å². The highest BCUT2D eigenvalue weighted by Crippen LogP contribution is 2.20. The Balaban J connectivity index is 2.23. The fourth-order valence-electron chi connectivity index (χ4n) is 1.93. The van der Waals surface area contributed by atoms with Crippen molar-refractivity contribution >= 4 is 11.7 Å². The van der Waals surface area contributed by atoms with Crippen LogP contribution in [-0.2, 0) is 13.6 Å². The van der Waals surface area contributed by atoms with E-state index in [1.165, 1.54) is 0 Å². The summed E-state index contributed by atoms with van der Waals surface area (Å²) in [4.78, 5) is 12.2. The number of carbonyl (C=O) groups excluding carboxylic acids is 1. The van der Waals surface area contributed by atoms with Crippen molar-refractivity contribution in [3.05, 3.63) is 41.1 Å². The molecule has 1 aromatic heterocycles. The predicted octanol–water partition coefficient (Wildman–Crippen LogP) is 1.45. The third kappa shape index (κ3) is 2.80. The highest BCUT2D eigenvalue weighted by molar-refractivity contribution is 6.04. The molecule has 106 valence electrons. The van der Waals surface area contributed by atoms with Crippen molar-refractivity contribution in [3.8, 4) is 5.75 Å². The molecular weight excluding hydrogens is 256 g/mol. The van der Waals surface area contributed by atoms with Crippen molar-refractivity contribution in [2.24, 2.45) is 12.8 Å². The molecule has 0 radical (unpaired) electrons. The first-order chi connectivity index (χ1) is 9.55. The fraction of sp³-hybridized carbons (Fsp3) is 0.286. The molecule has 0 saturated heterocycles. The lowest BCUT2D eigenvalue weighted by molar-refractivity contribution is 0.102. The molecule has 0 spiro atoms. The molecule has 6 nitrogen and oxygen atoms in total. The van der Waals surface area contributed by atoms with Crippen molar-refractivity contribution in [1.29, 1.82) is 0 Å². The Labute approximate surface area is 117 Å². The van der Waals surface area contributed by atoms with Gasteiger partial charge in [-0.25, -0.2) is 0 Å². The number of hydrogen-bond donors (Lipinski definition) is 2. The minimum atomic E-state index is -0.239. The van der Waals surface area contributed by atoms with Crippen LogP contribution in [-0.4, -0.2) is 22.8 Å². The maximum Gasteiger partial charge on any atom is 0.257 e. The van der Waals surface area contributed by atoms with Gasteiger partial charge in [0.2, 0.25) is 0 Å².